The van der Waals surface area contributed by atoms with Crippen LogP contribution in [0.25, 0.3) is 0 Å². The number of hydrogen-bond donors (Lipinski definition) is 0. The normalized spacial score (nSPS) is 18.7. The van der Waals surface area contributed by atoms with Gasteiger partial charge in [0, 0.05) is 51.4 Å². The lowest BCUT2D eigenvalue weighted by atomic mass is 10.1. The first kappa shape index (κ1) is 21.3. The number of hydrogen-bond acceptors (Lipinski definition) is 4. The Balaban J connectivity index is 1.29. The molecule has 0 unspecified atom stereocenters. The summed E-state index contributed by atoms with van der Waals surface area (Å²) < 4.78 is 1.90. The second-order valence-corrected chi connectivity index (χ2v) is 8.85. The third-order valence-electron chi connectivity index (χ3n) is 6.27. The van der Waals surface area contributed by atoms with Crippen molar-refractivity contribution < 1.29 is 4.79 Å². The van der Waals surface area contributed by atoms with E-state index < -0.39 is 0 Å². The number of benzene rings is 1. The summed E-state index contributed by atoms with van der Waals surface area (Å²) in [6.45, 7) is 9.72. The Morgan fingerprint density at radius 2 is 1.60 bits per heavy atom. The van der Waals surface area contributed by atoms with E-state index in [0.29, 0.717) is 19.0 Å². The lowest BCUT2D eigenvalue weighted by molar-refractivity contribution is -0.133. The molecule has 2 aromatic rings. The summed E-state index contributed by atoms with van der Waals surface area (Å²) >= 11 is 6.70. The van der Waals surface area contributed by atoms with E-state index in [2.05, 4.69) is 27.0 Å². The SMILES string of the molecule is Cc1nn(Cc2ccccc2)c(Cl)c1CN1CCN(CC(=O)N2CCCCC2)CC1. The first-order valence-electron chi connectivity index (χ1n) is 11.1. The van der Waals surface area contributed by atoms with Crippen molar-refractivity contribution in [3.63, 3.8) is 0 Å². The maximum absolute atomic E-state index is 12.5. The highest BCUT2D eigenvalue weighted by atomic mass is 35.5. The van der Waals surface area contributed by atoms with Crippen molar-refractivity contribution in [2.45, 2.75) is 39.3 Å². The number of likely N-dealkylation sites (tertiary alicyclic amines) is 1. The lowest BCUT2D eigenvalue weighted by Gasteiger charge is -2.36. The number of piperidine rings is 1. The summed E-state index contributed by atoms with van der Waals surface area (Å²) in [5.74, 6) is 0.296. The fraction of sp³-hybridized carbons (Fsp3) is 0.565. The molecule has 2 saturated heterocycles. The molecule has 2 aliphatic rings. The monoisotopic (exact) mass is 429 g/mol. The summed E-state index contributed by atoms with van der Waals surface area (Å²) in [6, 6.07) is 10.3. The summed E-state index contributed by atoms with van der Waals surface area (Å²) in [5, 5.41) is 5.41. The van der Waals surface area contributed by atoms with Gasteiger partial charge in [0.2, 0.25) is 5.91 Å². The maximum Gasteiger partial charge on any atom is 0.236 e. The quantitative estimate of drug-likeness (QED) is 0.708. The van der Waals surface area contributed by atoms with Crippen molar-refractivity contribution in [3.05, 3.63) is 52.3 Å². The Morgan fingerprint density at radius 3 is 2.30 bits per heavy atom. The van der Waals surface area contributed by atoms with E-state index in [1.54, 1.807) is 0 Å². The fourth-order valence-corrected chi connectivity index (χ4v) is 4.69. The van der Waals surface area contributed by atoms with Crippen molar-refractivity contribution >= 4 is 17.5 Å². The van der Waals surface area contributed by atoms with Gasteiger partial charge in [0.15, 0.2) is 0 Å². The van der Waals surface area contributed by atoms with E-state index in [-0.39, 0.29) is 0 Å². The van der Waals surface area contributed by atoms with Crippen LogP contribution < -0.4 is 0 Å². The molecule has 0 atom stereocenters. The Hall–Kier alpha value is -1.89. The zero-order valence-corrected chi connectivity index (χ0v) is 18.7. The molecule has 162 valence electrons. The summed E-state index contributed by atoms with van der Waals surface area (Å²) in [4.78, 5) is 19.3. The smallest absolute Gasteiger partial charge is 0.236 e. The predicted octanol–water partition coefficient (Wildman–Crippen LogP) is 3.02. The number of carbonyl (C=O) groups excluding carboxylic acids is 1. The minimum Gasteiger partial charge on any atom is -0.342 e. The van der Waals surface area contributed by atoms with E-state index in [0.717, 1.165) is 75.1 Å². The fourth-order valence-electron chi connectivity index (χ4n) is 4.39. The van der Waals surface area contributed by atoms with Crippen LogP contribution in [0.4, 0.5) is 0 Å². The van der Waals surface area contributed by atoms with Gasteiger partial charge in [0.25, 0.3) is 0 Å². The summed E-state index contributed by atoms with van der Waals surface area (Å²) in [6.07, 6.45) is 3.56. The number of halogens is 1. The molecule has 2 aliphatic heterocycles. The number of nitrogens with zero attached hydrogens (tertiary/aromatic N) is 5. The van der Waals surface area contributed by atoms with Gasteiger partial charge >= 0.3 is 0 Å². The molecule has 0 radical (unpaired) electrons. The molecule has 4 rings (SSSR count). The molecule has 0 saturated carbocycles. The highest BCUT2D eigenvalue weighted by Crippen LogP contribution is 2.23. The zero-order valence-electron chi connectivity index (χ0n) is 17.9. The molecular weight excluding hydrogens is 398 g/mol. The predicted molar refractivity (Wildman–Crippen MR) is 120 cm³/mol. The number of rotatable bonds is 6. The van der Waals surface area contributed by atoms with Crippen LogP contribution in [0.15, 0.2) is 30.3 Å². The topological polar surface area (TPSA) is 44.6 Å². The number of piperazine rings is 1. The van der Waals surface area contributed by atoms with Crippen molar-refractivity contribution in [2.24, 2.45) is 0 Å². The van der Waals surface area contributed by atoms with Crippen LogP contribution in [0, 0.1) is 6.92 Å². The molecule has 1 aromatic heterocycles. The van der Waals surface area contributed by atoms with E-state index in [1.165, 1.54) is 12.0 Å². The van der Waals surface area contributed by atoms with E-state index in [1.807, 2.05) is 34.7 Å². The Labute approximate surface area is 184 Å². The molecule has 2 fully saturated rings. The molecule has 6 nitrogen and oxygen atoms in total. The number of aryl methyl sites for hydroxylation is 1. The van der Waals surface area contributed by atoms with Gasteiger partial charge in [-0.15, -0.1) is 0 Å². The highest BCUT2D eigenvalue weighted by molar-refractivity contribution is 6.30. The van der Waals surface area contributed by atoms with Gasteiger partial charge in [0.1, 0.15) is 5.15 Å². The van der Waals surface area contributed by atoms with Crippen molar-refractivity contribution in [1.82, 2.24) is 24.5 Å². The third-order valence-corrected chi connectivity index (χ3v) is 6.70. The molecule has 1 aromatic carbocycles. The van der Waals surface area contributed by atoms with Crippen molar-refractivity contribution in [1.29, 1.82) is 0 Å². The second-order valence-electron chi connectivity index (χ2n) is 8.49. The molecule has 0 N–H and O–H groups in total. The molecule has 0 spiro atoms. The average molecular weight is 430 g/mol. The van der Waals surface area contributed by atoms with Gasteiger partial charge in [-0.25, -0.2) is 4.68 Å². The minimum absolute atomic E-state index is 0.296. The molecule has 0 aliphatic carbocycles. The molecular formula is C23H32ClN5O. The van der Waals surface area contributed by atoms with E-state index in [9.17, 15) is 4.79 Å². The van der Waals surface area contributed by atoms with Crippen LogP contribution in [-0.4, -0.2) is 76.2 Å². The van der Waals surface area contributed by atoms with Gasteiger partial charge in [-0.3, -0.25) is 14.6 Å². The summed E-state index contributed by atoms with van der Waals surface area (Å²) in [5.41, 5.74) is 3.31. The molecule has 7 heteroatoms. The minimum atomic E-state index is 0.296. The van der Waals surface area contributed by atoms with Gasteiger partial charge in [-0.1, -0.05) is 41.9 Å². The van der Waals surface area contributed by atoms with Crippen LogP contribution in [0.1, 0.15) is 36.1 Å². The number of aromatic nitrogens is 2. The first-order valence-corrected chi connectivity index (χ1v) is 11.5. The standard InChI is InChI=1S/C23H32ClN5O/c1-19-21(23(24)29(25-19)16-20-8-4-2-5-9-20)17-26-12-14-27(15-13-26)18-22(30)28-10-6-3-7-11-28/h2,4-5,8-9H,3,6-7,10-18H2,1H3. The largest absolute Gasteiger partial charge is 0.342 e. The second kappa shape index (κ2) is 9.94. The van der Waals surface area contributed by atoms with Crippen LogP contribution in [0.2, 0.25) is 5.15 Å². The van der Waals surface area contributed by atoms with Crippen LogP contribution in [-0.2, 0) is 17.9 Å². The Kier molecular flexibility index (Phi) is 7.08. The molecule has 30 heavy (non-hydrogen) atoms. The highest BCUT2D eigenvalue weighted by Gasteiger charge is 2.24. The number of amides is 1. The molecule has 3 heterocycles. The third kappa shape index (κ3) is 5.23. The Morgan fingerprint density at radius 1 is 0.933 bits per heavy atom. The Bertz CT molecular complexity index is 839. The van der Waals surface area contributed by atoms with Crippen molar-refractivity contribution in [2.75, 3.05) is 45.8 Å². The molecule has 0 bridgehead atoms. The van der Waals surface area contributed by atoms with E-state index in [4.69, 9.17) is 11.6 Å². The lowest BCUT2D eigenvalue weighted by Crippen LogP contribution is -2.50. The van der Waals surface area contributed by atoms with Gasteiger partial charge in [0.05, 0.1) is 18.8 Å². The van der Waals surface area contributed by atoms with Gasteiger partial charge in [-0.2, -0.15) is 5.10 Å². The van der Waals surface area contributed by atoms with Crippen LogP contribution in [0.5, 0.6) is 0 Å². The van der Waals surface area contributed by atoms with Crippen LogP contribution >= 0.6 is 11.6 Å². The number of carbonyl (C=O) groups is 1. The zero-order chi connectivity index (χ0) is 20.9. The average Bonchev–Trinajstić information content (AvgIpc) is 3.03. The van der Waals surface area contributed by atoms with Crippen LogP contribution in [0.3, 0.4) is 0 Å². The van der Waals surface area contributed by atoms with Gasteiger partial charge in [-0.05, 0) is 31.7 Å². The van der Waals surface area contributed by atoms with Crippen molar-refractivity contribution in [3.8, 4) is 0 Å². The maximum atomic E-state index is 12.5. The first-order chi connectivity index (χ1) is 14.6. The molecule has 1 amide bonds. The van der Waals surface area contributed by atoms with E-state index >= 15 is 0 Å². The van der Waals surface area contributed by atoms with Gasteiger partial charge < -0.3 is 4.90 Å². The summed E-state index contributed by atoms with van der Waals surface area (Å²) in [7, 11) is 0.